The number of nitrogens with two attached hydrogens (primary N) is 1. The van der Waals surface area contributed by atoms with E-state index in [1.54, 1.807) is 23.1 Å². The first-order chi connectivity index (χ1) is 7.65. The lowest BCUT2D eigenvalue weighted by molar-refractivity contribution is 0.0994. The van der Waals surface area contributed by atoms with E-state index in [1.807, 2.05) is 7.05 Å². The van der Waals surface area contributed by atoms with Crippen molar-refractivity contribution in [1.82, 2.24) is 20.0 Å². The summed E-state index contributed by atoms with van der Waals surface area (Å²) in [7, 11) is 1.81. The number of hydrogen-bond acceptors (Lipinski definition) is 5. The predicted molar refractivity (Wildman–Crippen MR) is 57.0 cm³/mol. The number of carbonyl (C=O) groups is 1. The highest BCUT2D eigenvalue weighted by atomic mass is 16.1. The highest BCUT2D eigenvalue weighted by Gasteiger charge is 2.03. The summed E-state index contributed by atoms with van der Waals surface area (Å²) in [6.07, 6.45) is 3.45. The van der Waals surface area contributed by atoms with Crippen LogP contribution >= 0.6 is 0 Å². The minimum atomic E-state index is -0.597. The molecule has 7 heteroatoms. The zero-order chi connectivity index (χ0) is 11.5. The van der Waals surface area contributed by atoms with Crippen LogP contribution in [-0.4, -0.2) is 25.9 Å². The number of nitrogens with one attached hydrogen (secondary N) is 1. The predicted octanol–water partition coefficient (Wildman–Crippen LogP) is 0.0526. The molecule has 0 aliphatic heterocycles. The van der Waals surface area contributed by atoms with Crippen molar-refractivity contribution in [3.63, 3.8) is 0 Å². The van der Waals surface area contributed by atoms with Gasteiger partial charge in [-0.25, -0.2) is 0 Å². The van der Waals surface area contributed by atoms with Gasteiger partial charge in [0.25, 0.3) is 5.91 Å². The molecule has 0 fully saturated rings. The number of nitrogens with zero attached hydrogens (tertiary/aromatic N) is 4. The summed E-state index contributed by atoms with van der Waals surface area (Å²) in [5.41, 5.74) is 5.98. The Labute approximate surface area is 91.3 Å². The molecule has 2 heterocycles. The topological polar surface area (TPSA) is 98.7 Å². The summed E-state index contributed by atoms with van der Waals surface area (Å²) in [5, 5.41) is 14.4. The lowest BCUT2D eigenvalue weighted by Gasteiger charge is -2.00. The lowest BCUT2D eigenvalue weighted by atomic mass is 10.3. The van der Waals surface area contributed by atoms with Gasteiger partial charge in [0.1, 0.15) is 0 Å². The Balaban J connectivity index is 2.14. The summed E-state index contributed by atoms with van der Waals surface area (Å²) in [4.78, 5) is 10.8. The zero-order valence-corrected chi connectivity index (χ0v) is 8.58. The van der Waals surface area contributed by atoms with E-state index in [9.17, 15) is 4.79 Å². The van der Waals surface area contributed by atoms with Crippen LogP contribution in [0.2, 0.25) is 0 Å². The van der Waals surface area contributed by atoms with Gasteiger partial charge >= 0.3 is 0 Å². The van der Waals surface area contributed by atoms with E-state index in [0.29, 0.717) is 5.82 Å². The van der Waals surface area contributed by atoms with Crippen LogP contribution in [0, 0.1) is 0 Å². The van der Waals surface area contributed by atoms with Gasteiger partial charge in [0.2, 0.25) is 0 Å². The summed E-state index contributed by atoms with van der Waals surface area (Å²) in [5.74, 6) is -0.0709. The number of amides is 1. The molecule has 0 radical (unpaired) electrons. The second kappa shape index (κ2) is 3.97. The molecule has 2 rings (SSSR count). The number of anilines is 2. The molecule has 0 saturated carbocycles. The largest absolute Gasteiger partial charge is 0.364 e. The molecular formula is C9H10N6O. The first-order valence-corrected chi connectivity index (χ1v) is 4.54. The first-order valence-electron chi connectivity index (χ1n) is 4.54. The van der Waals surface area contributed by atoms with Crippen molar-refractivity contribution in [2.24, 2.45) is 12.8 Å². The van der Waals surface area contributed by atoms with E-state index >= 15 is 0 Å². The van der Waals surface area contributed by atoms with Crippen molar-refractivity contribution in [3.05, 3.63) is 30.2 Å². The Hall–Kier alpha value is -2.44. The summed E-state index contributed by atoms with van der Waals surface area (Å²) < 4.78 is 1.66. The standard InChI is InChI=1S/C9H10N6O/c1-15-5-6(4-11-15)12-8-3-2-7(9(10)16)13-14-8/h2-5H,1H3,(H2,10,16)(H,12,14). The highest BCUT2D eigenvalue weighted by Crippen LogP contribution is 2.11. The van der Waals surface area contributed by atoms with Gasteiger partial charge in [0.05, 0.1) is 11.9 Å². The van der Waals surface area contributed by atoms with Crippen LogP contribution in [0.5, 0.6) is 0 Å². The summed E-state index contributed by atoms with van der Waals surface area (Å²) >= 11 is 0. The van der Waals surface area contributed by atoms with E-state index < -0.39 is 5.91 Å². The molecule has 7 nitrogen and oxygen atoms in total. The van der Waals surface area contributed by atoms with Gasteiger partial charge in [-0.2, -0.15) is 5.10 Å². The number of hydrogen-bond donors (Lipinski definition) is 2. The molecule has 0 aromatic carbocycles. The number of aryl methyl sites for hydroxylation is 1. The molecule has 0 aliphatic carbocycles. The monoisotopic (exact) mass is 218 g/mol. The first kappa shape index (κ1) is 10.1. The number of primary amides is 1. The van der Waals surface area contributed by atoms with Crippen molar-refractivity contribution in [2.45, 2.75) is 0 Å². The second-order valence-electron chi connectivity index (χ2n) is 3.20. The van der Waals surface area contributed by atoms with Crippen molar-refractivity contribution >= 4 is 17.4 Å². The fourth-order valence-corrected chi connectivity index (χ4v) is 1.16. The molecular weight excluding hydrogens is 208 g/mol. The molecule has 3 N–H and O–H groups in total. The van der Waals surface area contributed by atoms with Crippen molar-refractivity contribution in [1.29, 1.82) is 0 Å². The number of carbonyl (C=O) groups excluding carboxylic acids is 1. The van der Waals surface area contributed by atoms with Crippen molar-refractivity contribution in [3.8, 4) is 0 Å². The molecule has 2 aromatic rings. The smallest absolute Gasteiger partial charge is 0.269 e. The molecule has 0 unspecified atom stereocenters. The minimum absolute atomic E-state index is 0.136. The highest BCUT2D eigenvalue weighted by molar-refractivity contribution is 5.90. The average Bonchev–Trinajstić information content (AvgIpc) is 2.65. The van der Waals surface area contributed by atoms with Crippen LogP contribution in [0.3, 0.4) is 0 Å². The van der Waals surface area contributed by atoms with Crippen LogP contribution in [0.1, 0.15) is 10.5 Å². The SMILES string of the molecule is Cn1cc(Nc2ccc(C(N)=O)nn2)cn1. The van der Waals surface area contributed by atoms with Gasteiger partial charge < -0.3 is 11.1 Å². The lowest BCUT2D eigenvalue weighted by Crippen LogP contribution is -2.13. The Kier molecular flexibility index (Phi) is 2.50. The molecule has 2 aromatic heterocycles. The van der Waals surface area contributed by atoms with Gasteiger partial charge in [-0.05, 0) is 12.1 Å². The molecule has 0 atom stereocenters. The van der Waals surface area contributed by atoms with Crippen molar-refractivity contribution in [2.75, 3.05) is 5.32 Å². The third kappa shape index (κ3) is 2.14. The maximum atomic E-state index is 10.8. The zero-order valence-electron chi connectivity index (χ0n) is 8.58. The fraction of sp³-hybridized carbons (Fsp3) is 0.111. The third-order valence-electron chi connectivity index (χ3n) is 1.89. The molecule has 82 valence electrons. The minimum Gasteiger partial charge on any atom is -0.364 e. The van der Waals surface area contributed by atoms with Gasteiger partial charge in [0.15, 0.2) is 11.5 Å². The summed E-state index contributed by atoms with van der Waals surface area (Å²) in [6, 6.07) is 3.13. The van der Waals surface area contributed by atoms with Crippen LogP contribution in [0.15, 0.2) is 24.5 Å². The van der Waals surface area contributed by atoms with E-state index in [-0.39, 0.29) is 5.69 Å². The quantitative estimate of drug-likeness (QED) is 0.758. The van der Waals surface area contributed by atoms with Gasteiger partial charge in [-0.3, -0.25) is 9.48 Å². The van der Waals surface area contributed by atoms with Gasteiger partial charge in [0, 0.05) is 13.2 Å². The van der Waals surface area contributed by atoms with Crippen LogP contribution in [0.25, 0.3) is 0 Å². The van der Waals surface area contributed by atoms with E-state index in [4.69, 9.17) is 5.73 Å². The van der Waals surface area contributed by atoms with Crippen LogP contribution in [-0.2, 0) is 7.05 Å². The molecule has 16 heavy (non-hydrogen) atoms. The number of rotatable bonds is 3. The van der Waals surface area contributed by atoms with Gasteiger partial charge in [-0.1, -0.05) is 0 Å². The number of aromatic nitrogens is 4. The average molecular weight is 218 g/mol. The Morgan fingerprint density at radius 1 is 1.44 bits per heavy atom. The molecule has 1 amide bonds. The Bertz CT molecular complexity index is 503. The van der Waals surface area contributed by atoms with Crippen LogP contribution in [0.4, 0.5) is 11.5 Å². The third-order valence-corrected chi connectivity index (χ3v) is 1.89. The fourth-order valence-electron chi connectivity index (χ4n) is 1.16. The molecule has 0 aliphatic rings. The van der Waals surface area contributed by atoms with E-state index in [2.05, 4.69) is 20.6 Å². The molecule has 0 saturated heterocycles. The second-order valence-corrected chi connectivity index (χ2v) is 3.20. The van der Waals surface area contributed by atoms with Gasteiger partial charge in [-0.15, -0.1) is 10.2 Å². The normalized spacial score (nSPS) is 10.1. The molecule has 0 bridgehead atoms. The Morgan fingerprint density at radius 2 is 2.25 bits per heavy atom. The maximum absolute atomic E-state index is 10.8. The maximum Gasteiger partial charge on any atom is 0.269 e. The van der Waals surface area contributed by atoms with E-state index in [0.717, 1.165) is 5.69 Å². The van der Waals surface area contributed by atoms with E-state index in [1.165, 1.54) is 6.07 Å². The van der Waals surface area contributed by atoms with Crippen LogP contribution < -0.4 is 11.1 Å². The summed E-state index contributed by atoms with van der Waals surface area (Å²) in [6.45, 7) is 0. The molecule has 0 spiro atoms. The Morgan fingerprint density at radius 3 is 2.75 bits per heavy atom. The van der Waals surface area contributed by atoms with Crippen molar-refractivity contribution < 1.29 is 4.79 Å².